The largest absolute Gasteiger partial charge is 0.493 e. The monoisotopic (exact) mass is 333 g/mol. The van der Waals surface area contributed by atoms with Crippen LogP contribution in [0.5, 0.6) is 17.2 Å². The highest BCUT2D eigenvalue weighted by Gasteiger charge is 2.20. The summed E-state index contributed by atoms with van der Waals surface area (Å²) in [5.41, 5.74) is 0.724. The van der Waals surface area contributed by atoms with Gasteiger partial charge in [0.1, 0.15) is 6.10 Å². The van der Waals surface area contributed by atoms with Crippen LogP contribution in [0.4, 0.5) is 5.69 Å². The number of aliphatic hydroxyl groups excluding tert-OH is 1. The lowest BCUT2D eigenvalue weighted by atomic mass is 10.0. The maximum atomic E-state index is 11.1. The summed E-state index contributed by atoms with van der Waals surface area (Å²) in [6.45, 7) is 2.29. The zero-order valence-corrected chi connectivity index (χ0v) is 13.7. The lowest BCUT2D eigenvalue weighted by Gasteiger charge is -2.15. The van der Waals surface area contributed by atoms with E-state index in [0.29, 0.717) is 29.2 Å². The molecular formula is C17H19NO6. The number of benzene rings is 2. The Balaban J connectivity index is 2.41. The summed E-state index contributed by atoms with van der Waals surface area (Å²) in [6, 6.07) is 9.37. The second-order valence-electron chi connectivity index (χ2n) is 4.93. The van der Waals surface area contributed by atoms with Crippen LogP contribution >= 0.6 is 0 Å². The van der Waals surface area contributed by atoms with Gasteiger partial charge >= 0.3 is 5.69 Å². The van der Waals surface area contributed by atoms with E-state index in [-0.39, 0.29) is 11.4 Å². The molecule has 0 unspecified atom stereocenters. The highest BCUT2D eigenvalue weighted by molar-refractivity contribution is 5.51. The molecule has 7 nitrogen and oxygen atoms in total. The number of nitro groups is 1. The van der Waals surface area contributed by atoms with Gasteiger partial charge in [0.05, 0.1) is 25.7 Å². The van der Waals surface area contributed by atoms with Crippen molar-refractivity contribution in [2.24, 2.45) is 0 Å². The SMILES string of the molecule is CCOc1cc([C@H](O)c2ccc(OC)c([N+](=O)[O-])c2)ccc1OC. The van der Waals surface area contributed by atoms with Gasteiger partial charge in [-0.05, 0) is 36.2 Å². The second-order valence-corrected chi connectivity index (χ2v) is 4.93. The van der Waals surface area contributed by atoms with E-state index in [2.05, 4.69) is 0 Å². The first-order valence-electron chi connectivity index (χ1n) is 7.33. The number of hydrogen-bond acceptors (Lipinski definition) is 6. The first kappa shape index (κ1) is 17.6. The molecule has 0 aliphatic heterocycles. The summed E-state index contributed by atoms with van der Waals surface area (Å²) in [6.07, 6.45) is -1.04. The molecule has 2 aromatic carbocycles. The van der Waals surface area contributed by atoms with Crippen LogP contribution in [0.2, 0.25) is 0 Å². The molecular weight excluding hydrogens is 314 g/mol. The van der Waals surface area contributed by atoms with Crippen LogP contribution in [0.1, 0.15) is 24.2 Å². The number of hydrogen-bond donors (Lipinski definition) is 1. The summed E-state index contributed by atoms with van der Waals surface area (Å²) >= 11 is 0. The fraction of sp³-hybridized carbons (Fsp3) is 0.294. The third-order valence-electron chi connectivity index (χ3n) is 3.52. The number of nitro benzene ring substituents is 1. The van der Waals surface area contributed by atoms with E-state index in [1.165, 1.54) is 26.4 Å². The van der Waals surface area contributed by atoms with Crippen LogP contribution in [0, 0.1) is 10.1 Å². The van der Waals surface area contributed by atoms with Gasteiger partial charge in [0.15, 0.2) is 17.2 Å². The fourth-order valence-electron chi connectivity index (χ4n) is 2.34. The molecule has 24 heavy (non-hydrogen) atoms. The highest BCUT2D eigenvalue weighted by Crippen LogP contribution is 2.35. The Hall–Kier alpha value is -2.80. The van der Waals surface area contributed by atoms with Crippen molar-refractivity contribution in [3.63, 3.8) is 0 Å². The molecule has 128 valence electrons. The van der Waals surface area contributed by atoms with Crippen LogP contribution in [-0.4, -0.2) is 30.9 Å². The number of nitrogens with zero attached hydrogens (tertiary/aromatic N) is 1. The molecule has 1 N–H and O–H groups in total. The second kappa shape index (κ2) is 7.65. The molecule has 7 heteroatoms. The summed E-state index contributed by atoms with van der Waals surface area (Å²) < 4.78 is 15.7. The van der Waals surface area contributed by atoms with Crippen molar-refractivity contribution in [2.75, 3.05) is 20.8 Å². The third-order valence-corrected chi connectivity index (χ3v) is 3.52. The lowest BCUT2D eigenvalue weighted by molar-refractivity contribution is -0.385. The molecule has 0 saturated heterocycles. The van der Waals surface area contributed by atoms with E-state index in [4.69, 9.17) is 14.2 Å². The molecule has 0 aliphatic rings. The van der Waals surface area contributed by atoms with Crippen molar-refractivity contribution in [3.05, 3.63) is 57.6 Å². The van der Waals surface area contributed by atoms with Gasteiger partial charge in [-0.2, -0.15) is 0 Å². The predicted molar refractivity (Wildman–Crippen MR) is 87.9 cm³/mol. The van der Waals surface area contributed by atoms with E-state index in [9.17, 15) is 15.2 Å². The van der Waals surface area contributed by atoms with E-state index in [0.717, 1.165) is 0 Å². The minimum absolute atomic E-state index is 0.140. The first-order chi connectivity index (χ1) is 11.5. The average Bonchev–Trinajstić information content (AvgIpc) is 2.60. The lowest BCUT2D eigenvalue weighted by Crippen LogP contribution is -2.03. The molecule has 0 heterocycles. The van der Waals surface area contributed by atoms with Crippen LogP contribution in [-0.2, 0) is 0 Å². The molecule has 0 saturated carbocycles. The van der Waals surface area contributed by atoms with Crippen molar-refractivity contribution in [3.8, 4) is 17.2 Å². The van der Waals surface area contributed by atoms with Crippen molar-refractivity contribution in [1.29, 1.82) is 0 Å². The molecule has 0 fully saturated rings. The molecule has 0 amide bonds. The summed E-state index contributed by atoms with van der Waals surface area (Å²) in [4.78, 5) is 10.6. The minimum Gasteiger partial charge on any atom is -0.493 e. The Kier molecular flexibility index (Phi) is 5.59. The third kappa shape index (κ3) is 3.57. The summed E-state index contributed by atoms with van der Waals surface area (Å²) in [5.74, 6) is 1.19. The average molecular weight is 333 g/mol. The normalized spacial score (nSPS) is 11.7. The standard InChI is InChI=1S/C17H19NO6/c1-4-24-16-10-12(6-8-15(16)23-3)17(19)11-5-7-14(22-2)13(9-11)18(20)21/h5-10,17,19H,4H2,1-3H3/t17-/m1/s1. The van der Waals surface area contributed by atoms with E-state index < -0.39 is 11.0 Å². The van der Waals surface area contributed by atoms with Gasteiger partial charge < -0.3 is 19.3 Å². The van der Waals surface area contributed by atoms with Crippen molar-refractivity contribution < 1.29 is 24.2 Å². The Labute approximate surface area is 139 Å². The first-order valence-corrected chi connectivity index (χ1v) is 7.33. The van der Waals surface area contributed by atoms with E-state index in [1.54, 1.807) is 24.3 Å². The number of ether oxygens (including phenoxy) is 3. The van der Waals surface area contributed by atoms with Gasteiger partial charge in [0.2, 0.25) is 0 Å². The molecule has 0 spiro atoms. The van der Waals surface area contributed by atoms with Crippen molar-refractivity contribution in [2.45, 2.75) is 13.0 Å². The molecule has 0 aromatic heterocycles. The quantitative estimate of drug-likeness (QED) is 0.618. The van der Waals surface area contributed by atoms with Crippen LogP contribution in [0.25, 0.3) is 0 Å². The Morgan fingerprint density at radius 2 is 1.62 bits per heavy atom. The smallest absolute Gasteiger partial charge is 0.311 e. The van der Waals surface area contributed by atoms with Crippen molar-refractivity contribution >= 4 is 5.69 Å². The Bertz CT molecular complexity index is 731. The van der Waals surface area contributed by atoms with E-state index in [1.807, 2.05) is 6.92 Å². The van der Waals surface area contributed by atoms with Crippen molar-refractivity contribution in [1.82, 2.24) is 0 Å². The topological polar surface area (TPSA) is 91.1 Å². The van der Waals surface area contributed by atoms with Crippen LogP contribution in [0.15, 0.2) is 36.4 Å². The molecule has 0 aliphatic carbocycles. The van der Waals surface area contributed by atoms with Gasteiger partial charge in [-0.25, -0.2) is 0 Å². The minimum atomic E-state index is -1.04. The molecule has 1 atom stereocenters. The summed E-state index contributed by atoms with van der Waals surface area (Å²) in [5, 5.41) is 21.7. The number of rotatable bonds is 7. The Morgan fingerprint density at radius 3 is 2.17 bits per heavy atom. The maximum absolute atomic E-state index is 11.1. The zero-order chi connectivity index (χ0) is 17.7. The molecule has 0 bridgehead atoms. The van der Waals surface area contributed by atoms with Crippen LogP contribution in [0.3, 0.4) is 0 Å². The Morgan fingerprint density at radius 1 is 1.04 bits per heavy atom. The van der Waals surface area contributed by atoms with Gasteiger partial charge in [0, 0.05) is 6.07 Å². The van der Waals surface area contributed by atoms with Gasteiger partial charge in [-0.3, -0.25) is 10.1 Å². The predicted octanol–water partition coefficient (Wildman–Crippen LogP) is 3.09. The fourth-order valence-corrected chi connectivity index (χ4v) is 2.34. The molecule has 2 rings (SSSR count). The zero-order valence-electron chi connectivity index (χ0n) is 13.7. The van der Waals surface area contributed by atoms with Crippen LogP contribution < -0.4 is 14.2 Å². The van der Waals surface area contributed by atoms with Gasteiger partial charge in [0.25, 0.3) is 0 Å². The number of aliphatic hydroxyl groups is 1. The summed E-state index contributed by atoms with van der Waals surface area (Å²) in [7, 11) is 2.89. The number of methoxy groups -OCH3 is 2. The van der Waals surface area contributed by atoms with Gasteiger partial charge in [-0.1, -0.05) is 12.1 Å². The van der Waals surface area contributed by atoms with E-state index >= 15 is 0 Å². The maximum Gasteiger partial charge on any atom is 0.311 e. The molecule has 0 radical (unpaired) electrons. The molecule has 2 aromatic rings. The van der Waals surface area contributed by atoms with Gasteiger partial charge in [-0.15, -0.1) is 0 Å². The highest BCUT2D eigenvalue weighted by atomic mass is 16.6.